The standard InChI is InChI=1S/C20H15NO2/c22-21(23)17-10-8-14(9-11-17)12-15-5-3-7-19-18-6-2-1-4-16(18)13-20(15)19/h1-11H,12-13H2. The zero-order chi connectivity index (χ0) is 15.8. The maximum atomic E-state index is 10.8. The minimum absolute atomic E-state index is 0.138. The van der Waals surface area contributed by atoms with Crippen molar-refractivity contribution in [1.82, 2.24) is 0 Å². The first kappa shape index (κ1) is 13.7. The van der Waals surface area contributed by atoms with Crippen molar-refractivity contribution in [3.05, 3.63) is 99.1 Å². The van der Waals surface area contributed by atoms with Gasteiger partial charge in [0.1, 0.15) is 0 Å². The van der Waals surface area contributed by atoms with Gasteiger partial charge in [0.25, 0.3) is 5.69 Å². The number of fused-ring (bicyclic) bond motifs is 3. The average Bonchev–Trinajstić information content (AvgIpc) is 2.95. The van der Waals surface area contributed by atoms with Crippen molar-refractivity contribution in [3.63, 3.8) is 0 Å². The Morgan fingerprint density at radius 3 is 2.39 bits per heavy atom. The Morgan fingerprint density at radius 1 is 0.870 bits per heavy atom. The molecule has 0 unspecified atom stereocenters. The minimum Gasteiger partial charge on any atom is -0.258 e. The Balaban J connectivity index is 1.68. The molecule has 0 saturated heterocycles. The normalized spacial score (nSPS) is 11.8. The molecular weight excluding hydrogens is 286 g/mol. The van der Waals surface area contributed by atoms with Crippen LogP contribution in [0.25, 0.3) is 11.1 Å². The summed E-state index contributed by atoms with van der Waals surface area (Å²) in [4.78, 5) is 10.4. The van der Waals surface area contributed by atoms with Crippen molar-refractivity contribution in [2.24, 2.45) is 0 Å². The van der Waals surface area contributed by atoms with E-state index < -0.39 is 0 Å². The molecule has 23 heavy (non-hydrogen) atoms. The molecule has 3 heteroatoms. The molecule has 3 aromatic carbocycles. The molecule has 0 aliphatic heterocycles. The van der Waals surface area contributed by atoms with Crippen LogP contribution in [0.3, 0.4) is 0 Å². The van der Waals surface area contributed by atoms with E-state index in [0.717, 1.165) is 18.4 Å². The molecular formula is C20H15NO2. The van der Waals surface area contributed by atoms with E-state index in [0.29, 0.717) is 0 Å². The first-order valence-electron chi connectivity index (χ1n) is 7.65. The summed E-state index contributed by atoms with van der Waals surface area (Å²) in [5.74, 6) is 0. The molecule has 0 aromatic heterocycles. The molecule has 0 heterocycles. The summed E-state index contributed by atoms with van der Waals surface area (Å²) >= 11 is 0. The lowest BCUT2D eigenvalue weighted by atomic mass is 9.96. The van der Waals surface area contributed by atoms with E-state index in [-0.39, 0.29) is 10.6 Å². The van der Waals surface area contributed by atoms with E-state index in [1.54, 1.807) is 12.1 Å². The van der Waals surface area contributed by atoms with Gasteiger partial charge in [-0.15, -0.1) is 0 Å². The molecule has 0 bridgehead atoms. The monoisotopic (exact) mass is 301 g/mol. The maximum absolute atomic E-state index is 10.8. The molecule has 4 rings (SSSR count). The van der Waals surface area contributed by atoms with Crippen LogP contribution in [0.15, 0.2) is 66.7 Å². The average molecular weight is 301 g/mol. The van der Waals surface area contributed by atoms with Crippen molar-refractivity contribution in [3.8, 4) is 11.1 Å². The highest BCUT2D eigenvalue weighted by atomic mass is 16.6. The summed E-state index contributed by atoms with van der Waals surface area (Å²) in [6.07, 6.45) is 1.77. The van der Waals surface area contributed by atoms with Crippen LogP contribution in [0.1, 0.15) is 22.3 Å². The zero-order valence-corrected chi connectivity index (χ0v) is 12.5. The highest BCUT2D eigenvalue weighted by molar-refractivity contribution is 5.78. The van der Waals surface area contributed by atoms with Gasteiger partial charge in [-0.25, -0.2) is 0 Å². The molecule has 3 nitrogen and oxygen atoms in total. The van der Waals surface area contributed by atoms with E-state index >= 15 is 0 Å². The second kappa shape index (κ2) is 5.36. The summed E-state index contributed by atoms with van der Waals surface area (Å²) in [5.41, 5.74) is 7.94. The van der Waals surface area contributed by atoms with E-state index in [4.69, 9.17) is 0 Å². The Hall–Kier alpha value is -2.94. The van der Waals surface area contributed by atoms with E-state index in [9.17, 15) is 10.1 Å². The number of hydrogen-bond donors (Lipinski definition) is 0. The summed E-state index contributed by atoms with van der Waals surface area (Å²) < 4.78 is 0. The van der Waals surface area contributed by atoms with Crippen LogP contribution in [0.2, 0.25) is 0 Å². The predicted octanol–water partition coefficient (Wildman–Crippen LogP) is 4.76. The number of hydrogen-bond acceptors (Lipinski definition) is 2. The highest BCUT2D eigenvalue weighted by Crippen LogP contribution is 2.38. The lowest BCUT2D eigenvalue weighted by Gasteiger charge is -2.08. The van der Waals surface area contributed by atoms with Gasteiger partial charge in [-0.3, -0.25) is 10.1 Å². The van der Waals surface area contributed by atoms with Gasteiger partial charge in [-0.05, 0) is 46.2 Å². The van der Waals surface area contributed by atoms with Crippen LogP contribution in [-0.2, 0) is 12.8 Å². The fourth-order valence-corrected chi connectivity index (χ4v) is 3.34. The van der Waals surface area contributed by atoms with Crippen LogP contribution in [0, 0.1) is 10.1 Å². The predicted molar refractivity (Wildman–Crippen MR) is 90.6 cm³/mol. The summed E-state index contributed by atoms with van der Waals surface area (Å²) in [6.45, 7) is 0. The maximum Gasteiger partial charge on any atom is 0.269 e. The fourth-order valence-electron chi connectivity index (χ4n) is 3.34. The van der Waals surface area contributed by atoms with Crippen LogP contribution in [-0.4, -0.2) is 4.92 Å². The molecule has 0 radical (unpaired) electrons. The number of nitrogens with zero attached hydrogens (tertiary/aromatic N) is 1. The van der Waals surface area contributed by atoms with Gasteiger partial charge < -0.3 is 0 Å². The van der Waals surface area contributed by atoms with Crippen LogP contribution < -0.4 is 0 Å². The van der Waals surface area contributed by atoms with Crippen molar-refractivity contribution < 1.29 is 4.92 Å². The second-order valence-corrected chi connectivity index (χ2v) is 5.88. The number of non-ortho nitro benzene ring substituents is 1. The Morgan fingerprint density at radius 2 is 1.61 bits per heavy atom. The lowest BCUT2D eigenvalue weighted by molar-refractivity contribution is -0.384. The summed E-state index contributed by atoms with van der Waals surface area (Å²) in [6, 6.07) is 21.8. The first-order valence-corrected chi connectivity index (χ1v) is 7.65. The Labute approximate surface area is 134 Å². The minimum atomic E-state index is -0.360. The molecule has 1 aliphatic rings. The smallest absolute Gasteiger partial charge is 0.258 e. The van der Waals surface area contributed by atoms with Gasteiger partial charge in [0.05, 0.1) is 4.92 Å². The molecule has 3 aromatic rings. The van der Waals surface area contributed by atoms with Crippen molar-refractivity contribution in [2.75, 3.05) is 0 Å². The van der Waals surface area contributed by atoms with Gasteiger partial charge in [0.2, 0.25) is 0 Å². The third-order valence-electron chi connectivity index (χ3n) is 4.49. The van der Waals surface area contributed by atoms with Crippen molar-refractivity contribution >= 4 is 5.69 Å². The zero-order valence-electron chi connectivity index (χ0n) is 12.5. The van der Waals surface area contributed by atoms with Gasteiger partial charge in [0.15, 0.2) is 0 Å². The van der Waals surface area contributed by atoms with Crippen LogP contribution in [0.4, 0.5) is 5.69 Å². The molecule has 0 fully saturated rings. The van der Waals surface area contributed by atoms with E-state index in [2.05, 4.69) is 42.5 Å². The summed E-state index contributed by atoms with van der Waals surface area (Å²) in [7, 11) is 0. The van der Waals surface area contributed by atoms with Crippen molar-refractivity contribution in [1.29, 1.82) is 0 Å². The second-order valence-electron chi connectivity index (χ2n) is 5.88. The van der Waals surface area contributed by atoms with Crippen molar-refractivity contribution in [2.45, 2.75) is 12.8 Å². The van der Waals surface area contributed by atoms with Gasteiger partial charge in [-0.1, -0.05) is 54.6 Å². The first-order chi connectivity index (χ1) is 11.2. The lowest BCUT2D eigenvalue weighted by Crippen LogP contribution is -1.95. The number of benzene rings is 3. The third kappa shape index (κ3) is 2.40. The third-order valence-corrected chi connectivity index (χ3v) is 4.49. The Bertz CT molecular complexity index is 898. The molecule has 0 atom stereocenters. The molecule has 0 amide bonds. The van der Waals surface area contributed by atoms with Crippen LogP contribution in [0.5, 0.6) is 0 Å². The molecule has 112 valence electrons. The number of nitro benzene ring substituents is 1. The van der Waals surface area contributed by atoms with Crippen LogP contribution >= 0.6 is 0 Å². The van der Waals surface area contributed by atoms with E-state index in [1.165, 1.54) is 27.8 Å². The SMILES string of the molecule is O=[N+]([O-])c1ccc(Cc2cccc3c2Cc2ccccc2-3)cc1. The summed E-state index contributed by atoms with van der Waals surface area (Å²) in [5, 5.41) is 10.8. The molecule has 1 aliphatic carbocycles. The van der Waals surface area contributed by atoms with E-state index in [1.807, 2.05) is 12.1 Å². The van der Waals surface area contributed by atoms with Gasteiger partial charge in [0, 0.05) is 12.1 Å². The number of rotatable bonds is 3. The molecule has 0 spiro atoms. The molecule has 0 N–H and O–H groups in total. The quantitative estimate of drug-likeness (QED) is 0.404. The largest absolute Gasteiger partial charge is 0.269 e. The molecule has 0 saturated carbocycles. The topological polar surface area (TPSA) is 43.1 Å². The fraction of sp³-hybridized carbons (Fsp3) is 0.100. The van der Waals surface area contributed by atoms with Gasteiger partial charge >= 0.3 is 0 Å². The Kier molecular flexibility index (Phi) is 3.19. The highest BCUT2D eigenvalue weighted by Gasteiger charge is 2.20. The number of nitro groups is 1. The van der Waals surface area contributed by atoms with Gasteiger partial charge in [-0.2, -0.15) is 0 Å².